The van der Waals surface area contributed by atoms with Crippen LogP contribution < -0.4 is 0 Å². The minimum atomic E-state index is 0.393. The van der Waals surface area contributed by atoms with Gasteiger partial charge in [0, 0.05) is 6.54 Å². The van der Waals surface area contributed by atoms with Gasteiger partial charge < -0.3 is 4.57 Å². The Balaban J connectivity index is 2.05. The summed E-state index contributed by atoms with van der Waals surface area (Å²) in [5, 5.41) is 8.10. The maximum Gasteiger partial charge on any atom is 0.224 e. The largest absolute Gasteiger partial charge is 0.304 e. The predicted octanol–water partition coefficient (Wildman–Crippen LogP) is 2.90. The van der Waals surface area contributed by atoms with Crippen molar-refractivity contribution in [2.45, 2.75) is 45.6 Å². The van der Waals surface area contributed by atoms with Crippen LogP contribution in [-0.2, 0) is 6.54 Å². The van der Waals surface area contributed by atoms with Crippen molar-refractivity contribution < 1.29 is 0 Å². The monoisotopic (exact) mass is 213 g/mol. The van der Waals surface area contributed by atoms with Gasteiger partial charge in [-0.05, 0) is 29.9 Å². The van der Waals surface area contributed by atoms with Gasteiger partial charge in [0.15, 0.2) is 0 Å². The van der Waals surface area contributed by atoms with Gasteiger partial charge >= 0.3 is 0 Å². The lowest BCUT2D eigenvalue weighted by Crippen LogP contribution is -2.25. The van der Waals surface area contributed by atoms with Crippen molar-refractivity contribution in [3.05, 3.63) is 11.6 Å². The highest BCUT2D eigenvalue weighted by Gasteiger charge is 2.27. The first kappa shape index (κ1) is 9.97. The predicted molar refractivity (Wildman–Crippen MR) is 56.2 cm³/mol. The second kappa shape index (κ2) is 3.89. The average molecular weight is 214 g/mol. The lowest BCUT2D eigenvalue weighted by molar-refractivity contribution is 0.183. The molecule has 0 aromatic carbocycles. The van der Waals surface area contributed by atoms with Crippen molar-refractivity contribution in [1.82, 2.24) is 14.8 Å². The number of hydrogen-bond donors (Lipinski definition) is 0. The van der Waals surface area contributed by atoms with Crippen molar-refractivity contribution in [2.75, 3.05) is 0 Å². The first-order valence-corrected chi connectivity index (χ1v) is 5.61. The molecule has 0 spiro atoms. The van der Waals surface area contributed by atoms with Crippen LogP contribution >= 0.6 is 11.6 Å². The molecule has 0 amide bonds. The highest BCUT2D eigenvalue weighted by atomic mass is 35.5. The summed E-state index contributed by atoms with van der Waals surface area (Å²) in [4.78, 5) is 0. The highest BCUT2D eigenvalue weighted by molar-refractivity contribution is 6.28. The van der Waals surface area contributed by atoms with Crippen molar-refractivity contribution in [1.29, 1.82) is 0 Å². The molecule has 1 heterocycles. The van der Waals surface area contributed by atoms with E-state index in [0.717, 1.165) is 6.54 Å². The molecule has 0 saturated heterocycles. The lowest BCUT2D eigenvalue weighted by atomic mass is 9.76. The first-order valence-electron chi connectivity index (χ1n) is 5.23. The van der Waals surface area contributed by atoms with E-state index in [1.54, 1.807) is 6.33 Å². The Hall–Kier alpha value is -0.570. The second-order valence-electron chi connectivity index (χ2n) is 4.60. The average Bonchev–Trinajstić information content (AvgIpc) is 2.52. The smallest absolute Gasteiger partial charge is 0.224 e. The number of hydrogen-bond acceptors (Lipinski definition) is 2. The highest BCUT2D eigenvalue weighted by Crippen LogP contribution is 2.37. The van der Waals surface area contributed by atoms with Crippen LogP contribution in [-0.4, -0.2) is 14.8 Å². The van der Waals surface area contributed by atoms with Crippen LogP contribution in [0.25, 0.3) is 0 Å². The second-order valence-corrected chi connectivity index (χ2v) is 4.94. The summed E-state index contributed by atoms with van der Waals surface area (Å²) in [6, 6.07) is 0. The Kier molecular flexibility index (Phi) is 2.77. The van der Waals surface area contributed by atoms with Crippen LogP contribution in [0.3, 0.4) is 0 Å². The molecule has 0 radical (unpaired) electrons. The van der Waals surface area contributed by atoms with Gasteiger partial charge in [-0.3, -0.25) is 0 Å². The molecule has 1 aromatic rings. The summed E-state index contributed by atoms with van der Waals surface area (Å²) >= 11 is 5.91. The Morgan fingerprint density at radius 1 is 1.43 bits per heavy atom. The third kappa shape index (κ3) is 2.08. The molecule has 0 atom stereocenters. The van der Waals surface area contributed by atoms with Crippen molar-refractivity contribution in [3.63, 3.8) is 0 Å². The maximum absolute atomic E-state index is 5.91. The van der Waals surface area contributed by atoms with Gasteiger partial charge in [-0.2, -0.15) is 0 Å². The van der Waals surface area contributed by atoms with Crippen molar-refractivity contribution in [3.8, 4) is 0 Å². The number of halogens is 1. The molecule has 78 valence electrons. The van der Waals surface area contributed by atoms with Crippen LogP contribution in [0.1, 0.15) is 39.0 Å². The zero-order valence-electron chi connectivity index (χ0n) is 8.54. The van der Waals surface area contributed by atoms with E-state index in [2.05, 4.69) is 17.1 Å². The van der Waals surface area contributed by atoms with Crippen molar-refractivity contribution in [2.24, 2.45) is 5.41 Å². The van der Waals surface area contributed by atoms with Crippen LogP contribution in [0.5, 0.6) is 0 Å². The molecule has 1 aliphatic rings. The molecule has 0 N–H and O–H groups in total. The zero-order chi connectivity index (χ0) is 10.0. The molecule has 0 aliphatic heterocycles. The molecule has 1 fully saturated rings. The van der Waals surface area contributed by atoms with E-state index >= 15 is 0 Å². The molecule has 3 nitrogen and oxygen atoms in total. The molecule has 14 heavy (non-hydrogen) atoms. The Morgan fingerprint density at radius 3 is 2.71 bits per heavy atom. The Labute approximate surface area is 89.5 Å². The fourth-order valence-corrected chi connectivity index (χ4v) is 2.47. The van der Waals surface area contributed by atoms with Gasteiger partial charge in [0.2, 0.25) is 5.28 Å². The fourth-order valence-electron chi connectivity index (χ4n) is 2.32. The summed E-state index contributed by atoms with van der Waals surface area (Å²) < 4.78 is 1.95. The van der Waals surface area contributed by atoms with Gasteiger partial charge in [0.1, 0.15) is 6.33 Å². The Morgan fingerprint density at radius 2 is 2.14 bits per heavy atom. The number of nitrogens with zero attached hydrogens (tertiary/aromatic N) is 3. The fraction of sp³-hybridized carbons (Fsp3) is 0.800. The van der Waals surface area contributed by atoms with Gasteiger partial charge in [-0.1, -0.05) is 26.2 Å². The minimum Gasteiger partial charge on any atom is -0.304 e. The van der Waals surface area contributed by atoms with Crippen LogP contribution in [0.15, 0.2) is 6.33 Å². The van der Waals surface area contributed by atoms with Gasteiger partial charge in [-0.25, -0.2) is 0 Å². The van der Waals surface area contributed by atoms with E-state index in [1.165, 1.54) is 32.1 Å². The van der Waals surface area contributed by atoms with Gasteiger partial charge in [0.05, 0.1) is 0 Å². The molecule has 0 unspecified atom stereocenters. The molecule has 2 rings (SSSR count). The molecular weight excluding hydrogens is 198 g/mol. The van der Waals surface area contributed by atoms with E-state index in [4.69, 9.17) is 11.6 Å². The van der Waals surface area contributed by atoms with E-state index in [-0.39, 0.29) is 0 Å². The molecule has 1 saturated carbocycles. The lowest BCUT2D eigenvalue weighted by Gasteiger charge is -2.33. The van der Waals surface area contributed by atoms with E-state index in [9.17, 15) is 0 Å². The topological polar surface area (TPSA) is 30.7 Å². The van der Waals surface area contributed by atoms with E-state index in [1.807, 2.05) is 4.57 Å². The number of aromatic nitrogens is 3. The molecule has 1 aliphatic carbocycles. The summed E-state index contributed by atoms with van der Waals surface area (Å²) in [6.45, 7) is 3.29. The van der Waals surface area contributed by atoms with Crippen molar-refractivity contribution >= 4 is 11.6 Å². The first-order chi connectivity index (χ1) is 6.70. The van der Waals surface area contributed by atoms with Crippen LogP contribution in [0.2, 0.25) is 5.28 Å². The summed E-state index contributed by atoms with van der Waals surface area (Å²) in [5.74, 6) is 0. The van der Waals surface area contributed by atoms with Gasteiger partial charge in [0.25, 0.3) is 0 Å². The summed E-state index contributed by atoms with van der Waals surface area (Å²) in [5.41, 5.74) is 0.393. The molecule has 4 heteroatoms. The molecular formula is C10H16ClN3. The Bertz CT molecular complexity index is 302. The summed E-state index contributed by atoms with van der Waals surface area (Å²) in [6.07, 6.45) is 8.38. The third-order valence-electron chi connectivity index (χ3n) is 3.18. The quantitative estimate of drug-likeness (QED) is 0.757. The van der Waals surface area contributed by atoms with E-state index < -0.39 is 0 Å². The third-order valence-corrected chi connectivity index (χ3v) is 3.47. The molecule has 1 aromatic heterocycles. The molecule has 0 bridgehead atoms. The maximum atomic E-state index is 5.91. The minimum absolute atomic E-state index is 0.393. The van der Waals surface area contributed by atoms with E-state index in [0.29, 0.717) is 10.7 Å². The standard InChI is InChI=1S/C10H16ClN3/c1-10(5-3-2-4-6-10)7-14-8-12-13-9(14)11/h8H,2-7H2,1H3. The number of rotatable bonds is 2. The van der Waals surface area contributed by atoms with Crippen LogP contribution in [0, 0.1) is 5.41 Å². The summed E-state index contributed by atoms with van der Waals surface area (Å²) in [7, 11) is 0. The normalized spacial score (nSPS) is 21.0. The SMILES string of the molecule is CC1(Cn2cnnc2Cl)CCCCC1. The van der Waals surface area contributed by atoms with Gasteiger partial charge in [-0.15, -0.1) is 10.2 Å². The zero-order valence-corrected chi connectivity index (χ0v) is 9.30. The van der Waals surface area contributed by atoms with Crippen LogP contribution in [0.4, 0.5) is 0 Å².